The Morgan fingerprint density at radius 3 is 3.00 bits per heavy atom. The molecule has 0 radical (unpaired) electrons. The van der Waals surface area contributed by atoms with E-state index in [1.54, 1.807) is 0 Å². The molecular weight excluding hydrogens is 238 g/mol. The third-order valence-electron chi connectivity index (χ3n) is 2.59. The van der Waals surface area contributed by atoms with Crippen LogP contribution < -0.4 is 10.1 Å². The van der Waals surface area contributed by atoms with Gasteiger partial charge in [0.2, 0.25) is 5.44 Å². The number of fused-ring (bicyclic) bond motifs is 1. The summed E-state index contributed by atoms with van der Waals surface area (Å²) in [5, 5.41) is 3.01. The van der Waals surface area contributed by atoms with Crippen LogP contribution in [-0.4, -0.2) is 26.7 Å². The van der Waals surface area contributed by atoms with Gasteiger partial charge in [-0.25, -0.2) is 8.42 Å². The zero-order valence-electron chi connectivity index (χ0n) is 9.43. The first-order valence-electron chi connectivity index (χ1n) is 5.17. The number of anilines is 1. The highest BCUT2D eigenvalue weighted by molar-refractivity contribution is 7.91. The van der Waals surface area contributed by atoms with Gasteiger partial charge in [0.1, 0.15) is 5.75 Å². The lowest BCUT2D eigenvalue weighted by molar-refractivity contribution is 0.308. The number of sulfone groups is 1. The highest BCUT2D eigenvalue weighted by Crippen LogP contribution is 2.37. The Kier molecular flexibility index (Phi) is 2.99. The maximum Gasteiger partial charge on any atom is 0.203 e. The van der Waals surface area contributed by atoms with E-state index in [9.17, 15) is 8.42 Å². The standard InChI is InChI=1S/C12H13NO3S/c1-3-7-13-10-6-4-5-9-8-11(16-12(9)10)17(2,14)15/h1,4-6,11,13H,7-8H2,2H3. The average Bonchev–Trinajstić information content (AvgIpc) is 2.70. The first-order chi connectivity index (χ1) is 8.02. The second kappa shape index (κ2) is 4.30. The van der Waals surface area contributed by atoms with Crippen molar-refractivity contribution >= 4 is 15.5 Å². The molecule has 1 N–H and O–H groups in total. The second-order valence-electron chi connectivity index (χ2n) is 3.93. The van der Waals surface area contributed by atoms with Crippen molar-refractivity contribution in [2.75, 3.05) is 18.1 Å². The third kappa shape index (κ3) is 2.37. The molecule has 0 fully saturated rings. The highest BCUT2D eigenvalue weighted by atomic mass is 32.2. The lowest BCUT2D eigenvalue weighted by Gasteiger charge is -2.11. The summed E-state index contributed by atoms with van der Waals surface area (Å²) in [6, 6.07) is 5.54. The summed E-state index contributed by atoms with van der Waals surface area (Å²) in [6.45, 7) is 0.378. The predicted octanol–water partition coefficient (Wildman–Crippen LogP) is 1.04. The molecule has 1 atom stereocenters. The molecule has 1 aliphatic rings. The first-order valence-corrected chi connectivity index (χ1v) is 7.12. The SMILES string of the molecule is C#CCNc1cccc2c1OC(S(C)(=O)=O)C2. The number of para-hydroxylation sites is 1. The number of rotatable bonds is 3. The zero-order valence-corrected chi connectivity index (χ0v) is 10.3. The van der Waals surface area contributed by atoms with Gasteiger partial charge in [-0.3, -0.25) is 0 Å². The fourth-order valence-corrected chi connectivity index (χ4v) is 2.51. The Bertz CT molecular complexity index is 572. The Balaban J connectivity index is 2.29. The van der Waals surface area contributed by atoms with Crippen molar-refractivity contribution in [1.29, 1.82) is 0 Å². The number of terminal acetylenes is 1. The summed E-state index contributed by atoms with van der Waals surface area (Å²) < 4.78 is 28.4. The summed E-state index contributed by atoms with van der Waals surface area (Å²) in [5.74, 6) is 3.06. The van der Waals surface area contributed by atoms with Gasteiger partial charge in [-0.15, -0.1) is 6.42 Å². The van der Waals surface area contributed by atoms with Crippen LogP contribution in [0.3, 0.4) is 0 Å². The monoisotopic (exact) mass is 251 g/mol. The molecule has 1 aromatic carbocycles. The number of ether oxygens (including phenoxy) is 1. The van der Waals surface area contributed by atoms with E-state index < -0.39 is 15.3 Å². The fourth-order valence-electron chi connectivity index (χ4n) is 1.76. The van der Waals surface area contributed by atoms with Crippen molar-refractivity contribution < 1.29 is 13.2 Å². The van der Waals surface area contributed by atoms with E-state index in [1.807, 2.05) is 18.2 Å². The lowest BCUT2D eigenvalue weighted by Crippen LogP contribution is -2.24. The predicted molar refractivity (Wildman–Crippen MR) is 66.7 cm³/mol. The summed E-state index contributed by atoms with van der Waals surface area (Å²) in [4.78, 5) is 0. The van der Waals surface area contributed by atoms with Gasteiger partial charge in [-0.1, -0.05) is 18.1 Å². The van der Waals surface area contributed by atoms with E-state index in [1.165, 1.54) is 6.26 Å². The van der Waals surface area contributed by atoms with Crippen LogP contribution >= 0.6 is 0 Å². The molecule has 1 heterocycles. The molecule has 1 aromatic rings. The largest absolute Gasteiger partial charge is 0.472 e. The number of hydrogen-bond acceptors (Lipinski definition) is 4. The highest BCUT2D eigenvalue weighted by Gasteiger charge is 2.32. The molecule has 17 heavy (non-hydrogen) atoms. The molecule has 0 aromatic heterocycles. The number of nitrogens with one attached hydrogen (secondary N) is 1. The van der Waals surface area contributed by atoms with Crippen LogP contribution in [0, 0.1) is 12.3 Å². The van der Waals surface area contributed by atoms with E-state index in [4.69, 9.17) is 11.2 Å². The molecule has 0 bridgehead atoms. The van der Waals surface area contributed by atoms with Gasteiger partial charge in [0, 0.05) is 18.2 Å². The molecule has 4 nitrogen and oxygen atoms in total. The molecule has 1 aliphatic heterocycles. The molecule has 0 amide bonds. The Labute approximate surface area is 101 Å². The van der Waals surface area contributed by atoms with Crippen molar-refractivity contribution in [2.24, 2.45) is 0 Å². The Morgan fingerprint density at radius 1 is 1.59 bits per heavy atom. The Hall–Kier alpha value is -1.67. The lowest BCUT2D eigenvalue weighted by atomic mass is 10.1. The quantitative estimate of drug-likeness (QED) is 0.815. The van der Waals surface area contributed by atoms with Crippen LogP contribution in [0.1, 0.15) is 5.56 Å². The van der Waals surface area contributed by atoms with Crippen LogP contribution in [0.2, 0.25) is 0 Å². The van der Waals surface area contributed by atoms with Crippen LogP contribution in [0.5, 0.6) is 5.75 Å². The molecular formula is C12H13NO3S. The third-order valence-corrected chi connectivity index (χ3v) is 3.81. The minimum absolute atomic E-state index is 0.378. The smallest absolute Gasteiger partial charge is 0.203 e. The van der Waals surface area contributed by atoms with E-state index in [0.717, 1.165) is 11.3 Å². The van der Waals surface area contributed by atoms with Crippen LogP contribution in [-0.2, 0) is 16.3 Å². The average molecular weight is 251 g/mol. The van der Waals surface area contributed by atoms with E-state index in [0.29, 0.717) is 18.7 Å². The minimum atomic E-state index is -3.20. The van der Waals surface area contributed by atoms with Crippen LogP contribution in [0.25, 0.3) is 0 Å². The molecule has 1 unspecified atom stereocenters. The van der Waals surface area contributed by atoms with Gasteiger partial charge >= 0.3 is 0 Å². The molecule has 0 aliphatic carbocycles. The topological polar surface area (TPSA) is 55.4 Å². The van der Waals surface area contributed by atoms with E-state index in [2.05, 4.69) is 11.2 Å². The molecule has 0 saturated heterocycles. The first kappa shape index (κ1) is 11.8. The van der Waals surface area contributed by atoms with E-state index >= 15 is 0 Å². The van der Waals surface area contributed by atoms with Gasteiger partial charge in [-0.05, 0) is 6.07 Å². The summed E-state index contributed by atoms with van der Waals surface area (Å²) in [5.41, 5.74) is 0.848. The van der Waals surface area contributed by atoms with Gasteiger partial charge < -0.3 is 10.1 Å². The fraction of sp³-hybridized carbons (Fsp3) is 0.333. The number of hydrogen-bond donors (Lipinski definition) is 1. The van der Waals surface area contributed by atoms with Gasteiger partial charge in [-0.2, -0.15) is 0 Å². The molecule has 90 valence electrons. The summed E-state index contributed by atoms with van der Waals surface area (Å²) in [7, 11) is -3.20. The minimum Gasteiger partial charge on any atom is -0.472 e. The molecule has 2 rings (SSSR count). The van der Waals surface area contributed by atoms with Crippen molar-refractivity contribution in [3.8, 4) is 18.1 Å². The van der Waals surface area contributed by atoms with E-state index in [-0.39, 0.29) is 0 Å². The van der Waals surface area contributed by atoms with Gasteiger partial charge in [0.15, 0.2) is 9.84 Å². The summed E-state index contributed by atoms with van der Waals surface area (Å²) >= 11 is 0. The normalized spacial score (nSPS) is 18.0. The Morgan fingerprint density at radius 2 is 2.35 bits per heavy atom. The van der Waals surface area contributed by atoms with Crippen molar-refractivity contribution in [1.82, 2.24) is 0 Å². The molecule has 5 heteroatoms. The van der Waals surface area contributed by atoms with Crippen LogP contribution in [0.4, 0.5) is 5.69 Å². The van der Waals surface area contributed by atoms with Crippen molar-refractivity contribution in [3.05, 3.63) is 23.8 Å². The maximum absolute atomic E-state index is 11.4. The summed E-state index contributed by atoms with van der Waals surface area (Å²) in [6.07, 6.45) is 6.74. The zero-order chi connectivity index (χ0) is 12.5. The second-order valence-corrected chi connectivity index (χ2v) is 6.12. The van der Waals surface area contributed by atoms with Gasteiger partial charge in [0.25, 0.3) is 0 Å². The van der Waals surface area contributed by atoms with Crippen LogP contribution in [0.15, 0.2) is 18.2 Å². The number of benzene rings is 1. The van der Waals surface area contributed by atoms with Crippen molar-refractivity contribution in [2.45, 2.75) is 11.9 Å². The van der Waals surface area contributed by atoms with Gasteiger partial charge in [0.05, 0.1) is 12.2 Å². The maximum atomic E-state index is 11.4. The van der Waals surface area contributed by atoms with Crippen molar-refractivity contribution in [3.63, 3.8) is 0 Å². The molecule has 0 saturated carbocycles. The molecule has 0 spiro atoms.